The number of likely N-dealkylation sites (N-methyl/N-ethyl adjacent to an activating group) is 1. The molecule has 3 rings (SSSR count). The second-order valence-corrected chi connectivity index (χ2v) is 7.92. The lowest BCUT2D eigenvalue weighted by Crippen LogP contribution is -2.28. The lowest BCUT2D eigenvalue weighted by Gasteiger charge is -2.17. The Bertz CT molecular complexity index is 1020. The molecule has 3 aromatic rings. The number of carbonyl (C=O) groups excluding carboxylic acids is 2. The number of thiazole rings is 1. The summed E-state index contributed by atoms with van der Waals surface area (Å²) in [5.74, 6) is -0.365. The topological polar surface area (TPSA) is 75.4 Å². The van der Waals surface area contributed by atoms with Crippen molar-refractivity contribution in [1.29, 1.82) is 0 Å². The monoisotopic (exact) mass is 465 g/mol. The Morgan fingerprint density at radius 2 is 2.14 bits per heavy atom. The van der Waals surface area contributed by atoms with Gasteiger partial charge in [0.05, 0.1) is 23.9 Å². The zero-order valence-electron chi connectivity index (χ0n) is 15.2. The minimum atomic E-state index is -0.365. The van der Waals surface area contributed by atoms with Crippen LogP contribution in [0.25, 0.3) is 0 Å². The number of furan rings is 1. The molecule has 0 aliphatic heterocycles. The van der Waals surface area contributed by atoms with Gasteiger partial charge in [0.15, 0.2) is 5.13 Å². The van der Waals surface area contributed by atoms with E-state index in [-0.39, 0.29) is 30.6 Å². The standard InChI is InChI=1S/C19H17BrFN3O3S/c1-11-15(5-6-27-11)18(26)23-19-22-14(10-28-19)8-17(25)24(2)9-12-7-13(20)3-4-16(12)21/h3-7,10H,8-9H2,1-2H3,(H,22,23,26). The molecule has 1 aromatic carbocycles. The Labute approximate surface area is 173 Å². The van der Waals surface area contributed by atoms with Crippen molar-refractivity contribution in [2.75, 3.05) is 12.4 Å². The zero-order valence-corrected chi connectivity index (χ0v) is 17.6. The summed E-state index contributed by atoms with van der Waals surface area (Å²) in [5, 5.41) is 4.80. The summed E-state index contributed by atoms with van der Waals surface area (Å²) in [5.41, 5.74) is 1.39. The summed E-state index contributed by atoms with van der Waals surface area (Å²) in [4.78, 5) is 30.3. The van der Waals surface area contributed by atoms with Crippen molar-refractivity contribution >= 4 is 44.2 Å². The first-order valence-electron chi connectivity index (χ1n) is 8.31. The van der Waals surface area contributed by atoms with E-state index in [2.05, 4.69) is 26.2 Å². The lowest BCUT2D eigenvalue weighted by molar-refractivity contribution is -0.129. The van der Waals surface area contributed by atoms with E-state index in [1.54, 1.807) is 37.6 Å². The van der Waals surface area contributed by atoms with Crippen molar-refractivity contribution in [1.82, 2.24) is 9.88 Å². The van der Waals surface area contributed by atoms with Crippen LogP contribution in [-0.2, 0) is 17.8 Å². The minimum absolute atomic E-state index is 0.0588. The fraction of sp³-hybridized carbons (Fsp3) is 0.211. The number of hydrogen-bond donors (Lipinski definition) is 1. The molecule has 2 heterocycles. The van der Waals surface area contributed by atoms with Crippen molar-refractivity contribution < 1.29 is 18.4 Å². The molecular formula is C19H17BrFN3O3S. The van der Waals surface area contributed by atoms with E-state index in [1.165, 1.54) is 28.6 Å². The average molecular weight is 466 g/mol. The summed E-state index contributed by atoms with van der Waals surface area (Å²) in [6.45, 7) is 1.85. The molecule has 0 radical (unpaired) electrons. The number of nitrogens with one attached hydrogen (secondary N) is 1. The van der Waals surface area contributed by atoms with Crippen molar-refractivity contribution in [3.05, 3.63) is 68.8 Å². The predicted octanol–water partition coefficient (Wildman–Crippen LogP) is 4.40. The van der Waals surface area contributed by atoms with Gasteiger partial charge < -0.3 is 9.32 Å². The van der Waals surface area contributed by atoms with E-state index in [0.717, 1.165) is 4.47 Å². The fourth-order valence-corrected chi connectivity index (χ4v) is 3.64. The van der Waals surface area contributed by atoms with Crippen LogP contribution in [-0.4, -0.2) is 28.7 Å². The molecule has 0 bridgehead atoms. The average Bonchev–Trinajstić information content (AvgIpc) is 3.26. The highest BCUT2D eigenvalue weighted by Gasteiger charge is 2.17. The highest BCUT2D eigenvalue weighted by molar-refractivity contribution is 9.10. The summed E-state index contributed by atoms with van der Waals surface area (Å²) in [6.07, 6.45) is 1.50. The summed E-state index contributed by atoms with van der Waals surface area (Å²) >= 11 is 4.53. The number of carbonyl (C=O) groups is 2. The van der Waals surface area contributed by atoms with Crippen LogP contribution in [0.1, 0.15) is 27.4 Å². The van der Waals surface area contributed by atoms with Crippen LogP contribution in [0.2, 0.25) is 0 Å². The SMILES string of the molecule is Cc1occc1C(=O)Nc1nc(CC(=O)N(C)Cc2cc(Br)ccc2F)cs1. The van der Waals surface area contributed by atoms with Gasteiger partial charge in [-0.1, -0.05) is 15.9 Å². The molecule has 6 nitrogen and oxygen atoms in total. The molecule has 0 spiro atoms. The predicted molar refractivity (Wildman–Crippen MR) is 108 cm³/mol. The van der Waals surface area contributed by atoms with Crippen molar-refractivity contribution in [3.63, 3.8) is 0 Å². The second-order valence-electron chi connectivity index (χ2n) is 6.15. The van der Waals surface area contributed by atoms with Gasteiger partial charge in [0.2, 0.25) is 5.91 Å². The molecule has 2 amide bonds. The van der Waals surface area contributed by atoms with Crippen molar-refractivity contribution in [3.8, 4) is 0 Å². The molecule has 0 aliphatic carbocycles. The Hall–Kier alpha value is -2.52. The fourth-order valence-electron chi connectivity index (χ4n) is 2.53. The Kier molecular flexibility index (Phi) is 6.25. The van der Waals surface area contributed by atoms with Crippen LogP contribution < -0.4 is 5.32 Å². The molecule has 0 atom stereocenters. The number of rotatable bonds is 6. The Balaban J connectivity index is 1.59. The normalized spacial score (nSPS) is 10.7. The van der Waals surface area contributed by atoms with E-state index in [0.29, 0.717) is 27.7 Å². The van der Waals surface area contributed by atoms with Gasteiger partial charge >= 0.3 is 0 Å². The number of amides is 2. The number of anilines is 1. The number of benzene rings is 1. The third-order valence-corrected chi connectivity index (χ3v) is 5.35. The third-order valence-electron chi connectivity index (χ3n) is 4.05. The Morgan fingerprint density at radius 3 is 2.86 bits per heavy atom. The molecule has 146 valence electrons. The van der Waals surface area contributed by atoms with E-state index >= 15 is 0 Å². The van der Waals surface area contributed by atoms with E-state index in [1.807, 2.05) is 0 Å². The van der Waals surface area contributed by atoms with Crippen LogP contribution in [0.3, 0.4) is 0 Å². The van der Waals surface area contributed by atoms with E-state index in [9.17, 15) is 14.0 Å². The maximum atomic E-state index is 13.9. The Morgan fingerprint density at radius 1 is 1.36 bits per heavy atom. The molecule has 0 fully saturated rings. The lowest BCUT2D eigenvalue weighted by atomic mass is 10.2. The number of nitrogens with zero attached hydrogens (tertiary/aromatic N) is 2. The van der Waals surface area contributed by atoms with Crippen molar-refractivity contribution in [2.24, 2.45) is 0 Å². The molecule has 28 heavy (non-hydrogen) atoms. The molecule has 0 unspecified atom stereocenters. The second kappa shape index (κ2) is 8.66. The molecule has 1 N–H and O–H groups in total. The van der Waals surface area contributed by atoms with Crippen LogP contribution >= 0.6 is 27.3 Å². The first-order chi connectivity index (χ1) is 13.3. The maximum Gasteiger partial charge on any atom is 0.260 e. The summed E-state index contributed by atoms with van der Waals surface area (Å²) in [6, 6.07) is 6.19. The molecule has 0 saturated carbocycles. The number of halogens is 2. The van der Waals surface area contributed by atoms with Gasteiger partial charge in [-0.05, 0) is 31.2 Å². The van der Waals surface area contributed by atoms with Gasteiger partial charge in [-0.2, -0.15) is 0 Å². The molecule has 9 heteroatoms. The molecular weight excluding hydrogens is 449 g/mol. The van der Waals surface area contributed by atoms with Crippen LogP contribution in [0.5, 0.6) is 0 Å². The third kappa shape index (κ3) is 4.85. The van der Waals surface area contributed by atoms with Gasteiger partial charge in [0, 0.05) is 29.0 Å². The smallest absolute Gasteiger partial charge is 0.260 e. The first-order valence-corrected chi connectivity index (χ1v) is 9.98. The highest BCUT2D eigenvalue weighted by Crippen LogP contribution is 2.20. The quantitative estimate of drug-likeness (QED) is 0.585. The number of aryl methyl sites for hydroxylation is 1. The largest absolute Gasteiger partial charge is 0.469 e. The number of aromatic nitrogens is 1. The van der Waals surface area contributed by atoms with Gasteiger partial charge in [-0.15, -0.1) is 11.3 Å². The zero-order chi connectivity index (χ0) is 20.3. The molecule has 0 aliphatic rings. The minimum Gasteiger partial charge on any atom is -0.469 e. The first kappa shape index (κ1) is 20.2. The van der Waals surface area contributed by atoms with Gasteiger partial charge in [-0.3, -0.25) is 14.9 Å². The van der Waals surface area contributed by atoms with E-state index in [4.69, 9.17) is 4.42 Å². The molecule has 2 aromatic heterocycles. The van der Waals surface area contributed by atoms with Gasteiger partial charge in [-0.25, -0.2) is 9.37 Å². The maximum absolute atomic E-state index is 13.9. The van der Waals surface area contributed by atoms with Crippen LogP contribution in [0.4, 0.5) is 9.52 Å². The summed E-state index contributed by atoms with van der Waals surface area (Å²) < 4.78 is 19.7. The van der Waals surface area contributed by atoms with Crippen LogP contribution in [0.15, 0.2) is 44.8 Å². The van der Waals surface area contributed by atoms with Gasteiger partial charge in [0.25, 0.3) is 5.91 Å². The van der Waals surface area contributed by atoms with E-state index < -0.39 is 0 Å². The summed E-state index contributed by atoms with van der Waals surface area (Å²) in [7, 11) is 1.61. The van der Waals surface area contributed by atoms with Crippen LogP contribution in [0, 0.1) is 12.7 Å². The van der Waals surface area contributed by atoms with Crippen molar-refractivity contribution in [2.45, 2.75) is 19.9 Å². The number of hydrogen-bond acceptors (Lipinski definition) is 5. The highest BCUT2D eigenvalue weighted by atomic mass is 79.9. The van der Waals surface area contributed by atoms with Gasteiger partial charge in [0.1, 0.15) is 11.6 Å². The molecule has 0 saturated heterocycles.